The zero-order valence-corrected chi connectivity index (χ0v) is 56.9. The van der Waals surface area contributed by atoms with Crippen molar-refractivity contribution < 1.29 is 55.2 Å². The van der Waals surface area contributed by atoms with Gasteiger partial charge in [0.05, 0.1) is 31.8 Å². The number of aromatic hydroxyl groups is 3. The Hall–Kier alpha value is -7.86. The number of fused-ring (bicyclic) bond motifs is 16. The van der Waals surface area contributed by atoms with E-state index in [2.05, 4.69) is 95.0 Å². The molecule has 15 heteroatoms. The number of aliphatic hydroxyl groups is 5. The number of phenols is 3. The van der Waals surface area contributed by atoms with Gasteiger partial charge in [-0.05, 0) is 204 Å². The molecule has 15 unspecified atom stereocenters. The molecule has 0 amide bonds. The number of ketones is 2. The van der Waals surface area contributed by atoms with E-state index >= 15 is 4.79 Å². The minimum atomic E-state index is -1.94. The summed E-state index contributed by atoms with van der Waals surface area (Å²) in [6.45, 7) is 5.19. The van der Waals surface area contributed by atoms with Gasteiger partial charge in [0.25, 0.3) is 0 Å². The number of β-amino-alcohol motifs (C(OH)–C–C–N with tert-alkyl or cyclic N) is 1. The Morgan fingerprint density at radius 1 is 0.745 bits per heavy atom. The Morgan fingerprint density at radius 3 is 2.36 bits per heavy atom. The van der Waals surface area contributed by atoms with Gasteiger partial charge in [0.1, 0.15) is 17.3 Å². The molecule has 7 aliphatic rings. The van der Waals surface area contributed by atoms with Crippen molar-refractivity contribution in [3.8, 4) is 46.7 Å². The summed E-state index contributed by atoms with van der Waals surface area (Å²) in [5.74, 6) is 11.0. The molecule has 1 aromatic heterocycles. The lowest BCUT2D eigenvalue weighted by molar-refractivity contribution is -0.142. The first-order valence-electron chi connectivity index (χ1n) is 36.2. The summed E-state index contributed by atoms with van der Waals surface area (Å²) in [5.41, 5.74) is 8.32. The molecule has 516 valence electrons. The number of aromatic amines is 1. The van der Waals surface area contributed by atoms with Gasteiger partial charge in [-0.2, -0.15) is 0 Å². The Balaban J connectivity index is 1.04. The zero-order valence-electron chi connectivity index (χ0n) is 56.9. The largest absolute Gasteiger partial charge is 0.508 e. The highest BCUT2D eigenvalue weighted by atomic mass is 16.5. The van der Waals surface area contributed by atoms with Gasteiger partial charge < -0.3 is 66.5 Å². The van der Waals surface area contributed by atoms with E-state index < -0.39 is 53.0 Å². The number of methoxy groups -OCH3 is 1. The van der Waals surface area contributed by atoms with E-state index in [-0.39, 0.29) is 115 Å². The number of phenolic OH excluding ortho intramolecular Hbond substituents is 2. The van der Waals surface area contributed by atoms with Gasteiger partial charge in [-0.15, -0.1) is 5.92 Å². The van der Waals surface area contributed by atoms with E-state index in [1.807, 2.05) is 48.5 Å². The first kappa shape index (κ1) is 68.7. The fourth-order valence-electron chi connectivity index (χ4n) is 18.7. The van der Waals surface area contributed by atoms with E-state index in [9.17, 15) is 45.6 Å². The number of benzene rings is 5. The fourth-order valence-corrected chi connectivity index (χ4v) is 18.7. The summed E-state index contributed by atoms with van der Waals surface area (Å²) in [5, 5.41) is 108. The van der Waals surface area contributed by atoms with E-state index in [0.29, 0.717) is 92.2 Å². The van der Waals surface area contributed by atoms with Crippen LogP contribution in [-0.2, 0) is 40.9 Å². The maximum Gasteiger partial charge on any atom is 0.173 e. The molecule has 0 radical (unpaired) electrons. The molecule has 15 nitrogen and oxygen atoms in total. The van der Waals surface area contributed by atoms with Gasteiger partial charge in [-0.25, -0.2) is 0 Å². The van der Waals surface area contributed by atoms with Crippen LogP contribution in [0.15, 0.2) is 121 Å². The molecule has 98 heavy (non-hydrogen) atoms. The molecule has 12 N–H and O–H groups in total. The molecular formula is C83H98N4O11. The molecule has 13 bridgehead atoms. The molecule has 5 aromatic carbocycles. The maximum atomic E-state index is 15.9. The molecule has 3 saturated carbocycles. The average molecular weight is 1330 g/mol. The van der Waals surface area contributed by atoms with Crippen LogP contribution in [0.5, 0.6) is 23.0 Å². The monoisotopic (exact) mass is 1330 g/mol. The third kappa shape index (κ3) is 13.9. The number of rotatable bonds is 7. The molecule has 3 heterocycles. The number of carbonyl (C=O) groups excluding carboxylic acids is 2. The third-order valence-corrected chi connectivity index (χ3v) is 24.0. The number of allylic oxidation sites excluding steroid dienone is 2. The number of dihydropyridines is 1. The lowest BCUT2D eigenvalue weighted by atomic mass is 9.61. The van der Waals surface area contributed by atoms with Crippen molar-refractivity contribution in [2.24, 2.45) is 53.3 Å². The number of carbonyl (C=O) groups is 2. The SMILES string of the molecule is CCCC1C2CC3CC4C#CC(c5cc(O)c(OC)cc5CCC(=O)C(O)C(=O)C4C2)c2ccccc2C2CC(C#CCC3C3=CCNC(=C3)Nc3ccc4ccc(c(O)c4c3)CC(O)CNCC(C)c3c[nH]c(c3)C3(CCCCC3)C1O)C(Cc1cccc(O)c1CO)C(CO)C2. The topological polar surface area (TPSA) is 257 Å². The predicted octanol–water partition coefficient (Wildman–Crippen LogP) is 11.8. The summed E-state index contributed by atoms with van der Waals surface area (Å²) in [6.07, 6.45) is 12.2. The number of aliphatic hydroxyl groups excluding tert-OH is 5. The van der Waals surface area contributed by atoms with Crippen molar-refractivity contribution in [3.63, 3.8) is 0 Å². The number of aryl methyl sites for hydroxylation is 1. The van der Waals surface area contributed by atoms with Crippen LogP contribution in [0.2, 0.25) is 0 Å². The highest BCUT2D eigenvalue weighted by molar-refractivity contribution is 6.06. The summed E-state index contributed by atoms with van der Waals surface area (Å²) >= 11 is 0. The number of nitrogens with one attached hydrogen (secondary N) is 4. The summed E-state index contributed by atoms with van der Waals surface area (Å²) < 4.78 is 5.73. The lowest BCUT2D eigenvalue weighted by Crippen LogP contribution is -2.48. The van der Waals surface area contributed by atoms with Crippen LogP contribution in [0.3, 0.4) is 0 Å². The molecule has 5 aliphatic carbocycles. The third-order valence-electron chi connectivity index (χ3n) is 24.0. The second-order valence-corrected chi connectivity index (χ2v) is 29.7. The van der Waals surface area contributed by atoms with Gasteiger partial charge in [-0.3, -0.25) is 9.59 Å². The van der Waals surface area contributed by atoms with Gasteiger partial charge in [0.15, 0.2) is 29.2 Å². The van der Waals surface area contributed by atoms with Crippen LogP contribution in [0.25, 0.3) is 10.8 Å². The van der Waals surface area contributed by atoms with Crippen LogP contribution in [0.4, 0.5) is 5.69 Å². The molecule has 13 rings (SSSR count). The van der Waals surface area contributed by atoms with Crippen LogP contribution in [0.1, 0.15) is 172 Å². The number of H-pyrrole nitrogens is 1. The smallest absolute Gasteiger partial charge is 0.173 e. The minimum absolute atomic E-state index is 0.0128. The maximum absolute atomic E-state index is 15.9. The molecule has 0 saturated heterocycles. The number of Topliss-reactive ketones (excluding diaryl/α,β-unsaturated/α-hetero) is 2. The number of hydrogen-bond acceptors (Lipinski definition) is 14. The molecule has 1 spiro atoms. The Bertz CT molecular complexity index is 4100. The molecule has 2 aliphatic heterocycles. The number of aromatic nitrogens is 1. The van der Waals surface area contributed by atoms with E-state index in [1.165, 1.54) is 7.11 Å². The molecular weight excluding hydrogens is 1230 g/mol. The van der Waals surface area contributed by atoms with Gasteiger partial charge >= 0.3 is 0 Å². The zero-order chi connectivity index (χ0) is 68.4. The summed E-state index contributed by atoms with van der Waals surface area (Å²) in [6, 6.07) is 29.0. The van der Waals surface area contributed by atoms with E-state index in [4.69, 9.17) is 4.74 Å². The Morgan fingerprint density at radius 2 is 1.56 bits per heavy atom. The fraction of sp³-hybridized carbons (Fsp3) is 0.494. The van der Waals surface area contributed by atoms with Crippen molar-refractivity contribution in [3.05, 3.63) is 171 Å². The standard InChI is InChI=1S/C83H98N4O11/c1-4-12-65-58-33-56-32-52-22-25-67(69-42-75(93)76(98-3)38-53(69)23-26-74(92)81(96)80(95)70(52)37-58)66-16-7-6-15-64(66)57-31-50(68(60(34-57)46-88)36-51-14-11-18-73(91)72(51)47-89)13-10-17-63(56)54-27-30-85-78(40-54)87-61-24-21-49-19-20-55(79(94)71(49)41-61)35-62(90)45-84-43-48(2)59-39-77(86-44-59)83(82(65)97)28-8-5-9-29-83/h6-7,11,14-16,18-21,24,27,38-42,44,48,50,52,56-58,60,62-63,65,67-68,70,81-82,84-91,93-94,96-97H,4-5,8-9,12,17,23,26,28-37,43,45-47H2,1-3H3. The highest BCUT2D eigenvalue weighted by Crippen LogP contribution is 2.54. The first-order chi connectivity index (χ1) is 47.6. The van der Waals surface area contributed by atoms with Crippen LogP contribution in [-0.4, -0.2) is 109 Å². The van der Waals surface area contributed by atoms with E-state index in [0.717, 1.165) is 88.9 Å². The first-order valence-corrected chi connectivity index (χ1v) is 36.2. The molecule has 6 aromatic rings. The van der Waals surface area contributed by atoms with Gasteiger partial charge in [0.2, 0.25) is 0 Å². The Kier molecular flexibility index (Phi) is 21.0. The number of ether oxygens (including phenoxy) is 1. The second kappa shape index (κ2) is 29.9. The quantitative estimate of drug-likeness (QED) is 0.0525. The lowest BCUT2D eigenvalue weighted by Gasteiger charge is -2.46. The van der Waals surface area contributed by atoms with Crippen molar-refractivity contribution in [2.45, 2.75) is 171 Å². The van der Waals surface area contributed by atoms with E-state index in [1.54, 1.807) is 24.3 Å². The molecule has 3 fully saturated rings. The van der Waals surface area contributed by atoms with Crippen LogP contribution in [0, 0.1) is 76.9 Å². The van der Waals surface area contributed by atoms with Crippen LogP contribution < -0.4 is 20.7 Å². The second-order valence-electron chi connectivity index (χ2n) is 29.7. The summed E-state index contributed by atoms with van der Waals surface area (Å²) in [4.78, 5) is 34.5. The van der Waals surface area contributed by atoms with Crippen molar-refractivity contribution in [1.29, 1.82) is 0 Å². The van der Waals surface area contributed by atoms with Gasteiger partial charge in [0, 0.05) is 97.2 Å². The van der Waals surface area contributed by atoms with Crippen molar-refractivity contribution >= 4 is 28.0 Å². The Labute approximate surface area is 576 Å². The van der Waals surface area contributed by atoms with Crippen molar-refractivity contribution in [2.75, 3.05) is 38.7 Å². The van der Waals surface area contributed by atoms with Crippen molar-refractivity contribution in [1.82, 2.24) is 15.6 Å². The number of hydrogen-bond donors (Lipinski definition) is 12. The minimum Gasteiger partial charge on any atom is -0.508 e. The number of anilines is 1. The highest BCUT2D eigenvalue weighted by Gasteiger charge is 2.51. The molecule has 15 atom stereocenters. The summed E-state index contributed by atoms with van der Waals surface area (Å²) in [7, 11) is 1.48. The van der Waals surface area contributed by atoms with Gasteiger partial charge in [-0.1, -0.05) is 118 Å². The average Bonchev–Trinajstić information content (AvgIpc) is 1.38. The normalized spacial score (nSPS) is 29.7. The van der Waals surface area contributed by atoms with Crippen LogP contribution >= 0.6 is 0 Å². The predicted molar refractivity (Wildman–Crippen MR) is 380 cm³/mol.